The Morgan fingerprint density at radius 2 is 2.08 bits per heavy atom. The van der Waals surface area contributed by atoms with Crippen LogP contribution in [0.4, 0.5) is 0 Å². The smallest absolute Gasteiger partial charge is 0.320 e. The van der Waals surface area contributed by atoms with Crippen LogP contribution in [-0.4, -0.2) is 24.1 Å². The third-order valence-electron chi connectivity index (χ3n) is 2.90. The molecule has 4 nitrogen and oxygen atoms in total. The van der Waals surface area contributed by atoms with Crippen LogP contribution in [0.2, 0.25) is 0 Å². The van der Waals surface area contributed by atoms with Crippen molar-refractivity contribution < 1.29 is 19.1 Å². The Morgan fingerprint density at radius 1 is 1.23 bits per heavy atom. The summed E-state index contributed by atoms with van der Waals surface area (Å²) in [4.78, 5) is 22.5. The van der Waals surface area contributed by atoms with Crippen molar-refractivity contribution in [1.29, 1.82) is 0 Å². The summed E-state index contributed by atoms with van der Waals surface area (Å²) in [6, 6.07) is 0. The van der Waals surface area contributed by atoms with Crippen molar-refractivity contribution in [1.82, 2.24) is 0 Å². The summed E-state index contributed by atoms with van der Waals surface area (Å²) in [6.07, 6.45) is 4.13. The van der Waals surface area contributed by atoms with E-state index in [0.29, 0.717) is 6.42 Å². The molecule has 13 heavy (non-hydrogen) atoms. The second kappa shape index (κ2) is 2.20. The van der Waals surface area contributed by atoms with Gasteiger partial charge in [0, 0.05) is 0 Å². The predicted molar refractivity (Wildman–Crippen MR) is 40.5 cm³/mol. The minimum atomic E-state index is -0.426. The lowest BCUT2D eigenvalue weighted by molar-refractivity contribution is -0.154. The molecule has 0 aromatic heterocycles. The van der Waals surface area contributed by atoms with E-state index in [0.717, 1.165) is 0 Å². The lowest BCUT2D eigenvalue weighted by Gasteiger charge is -2.27. The van der Waals surface area contributed by atoms with Crippen molar-refractivity contribution >= 4 is 11.9 Å². The molecule has 0 saturated carbocycles. The maximum absolute atomic E-state index is 11.2. The summed E-state index contributed by atoms with van der Waals surface area (Å²) < 4.78 is 10.0. The zero-order valence-corrected chi connectivity index (χ0v) is 6.80. The Balaban J connectivity index is 2.00. The van der Waals surface area contributed by atoms with Crippen molar-refractivity contribution in [2.45, 2.75) is 18.6 Å². The van der Waals surface area contributed by atoms with E-state index >= 15 is 0 Å². The first-order valence-electron chi connectivity index (χ1n) is 4.35. The summed E-state index contributed by atoms with van der Waals surface area (Å²) in [7, 11) is 0. The number of carbonyl (C=O) groups excluding carboxylic acids is 2. The zero-order valence-electron chi connectivity index (χ0n) is 6.80. The van der Waals surface area contributed by atoms with Gasteiger partial charge in [-0.2, -0.15) is 0 Å². The topological polar surface area (TPSA) is 52.6 Å². The van der Waals surface area contributed by atoms with Crippen LogP contribution in [0, 0.1) is 11.8 Å². The highest BCUT2D eigenvalue weighted by Gasteiger charge is 2.53. The van der Waals surface area contributed by atoms with Crippen LogP contribution in [0.15, 0.2) is 12.2 Å². The molecule has 4 unspecified atom stereocenters. The molecule has 0 aromatic rings. The number of cyclic esters (lactones) is 2. The third kappa shape index (κ3) is 0.836. The molecule has 2 fully saturated rings. The van der Waals surface area contributed by atoms with E-state index in [1.807, 2.05) is 12.2 Å². The second-order valence-electron chi connectivity index (χ2n) is 3.63. The first-order valence-corrected chi connectivity index (χ1v) is 4.35. The maximum atomic E-state index is 11.2. The number of fused-ring (bicyclic) bond motifs is 4. The fraction of sp³-hybridized carbons (Fsp3) is 0.556. The van der Waals surface area contributed by atoms with Crippen LogP contribution in [0.5, 0.6) is 0 Å². The summed E-state index contributed by atoms with van der Waals surface area (Å²) in [5.41, 5.74) is 0. The molecule has 0 N–H and O–H groups in total. The van der Waals surface area contributed by atoms with Gasteiger partial charge in [0.15, 0.2) is 0 Å². The van der Waals surface area contributed by atoms with Crippen molar-refractivity contribution in [3.8, 4) is 0 Å². The maximum Gasteiger partial charge on any atom is 0.320 e. The first kappa shape index (κ1) is 7.26. The highest BCUT2D eigenvalue weighted by atomic mass is 16.6. The Labute approximate surface area is 74.5 Å². The Hall–Kier alpha value is -1.16. The number of hydrogen-bond acceptors (Lipinski definition) is 4. The van der Waals surface area contributed by atoms with Crippen LogP contribution >= 0.6 is 0 Å². The summed E-state index contributed by atoms with van der Waals surface area (Å²) in [5.74, 6) is -1.46. The zero-order chi connectivity index (χ0) is 9.00. The minimum Gasteiger partial charge on any atom is -0.393 e. The van der Waals surface area contributed by atoms with Crippen LogP contribution in [0.3, 0.4) is 0 Å². The largest absolute Gasteiger partial charge is 0.393 e. The fourth-order valence-corrected chi connectivity index (χ4v) is 2.27. The molecule has 3 aliphatic rings. The average molecular weight is 180 g/mol. The van der Waals surface area contributed by atoms with Crippen LogP contribution in [0.1, 0.15) is 6.42 Å². The van der Waals surface area contributed by atoms with Gasteiger partial charge in [0.2, 0.25) is 0 Å². The standard InChI is InChI=1S/C9H8O4/c10-8-5-3-4-1-2-6(12-4)7(5)9(11)13-8/h1-2,4-7H,3H2. The molecule has 0 amide bonds. The summed E-state index contributed by atoms with van der Waals surface area (Å²) in [5, 5.41) is 0. The van der Waals surface area contributed by atoms with E-state index in [1.165, 1.54) is 0 Å². The monoisotopic (exact) mass is 180 g/mol. The lowest BCUT2D eigenvalue weighted by Crippen LogP contribution is -2.37. The van der Waals surface area contributed by atoms with Gasteiger partial charge >= 0.3 is 11.9 Å². The van der Waals surface area contributed by atoms with E-state index in [-0.39, 0.29) is 30.0 Å². The molecule has 3 aliphatic heterocycles. The SMILES string of the molecule is O=C1OC(=O)C2C3C=CC(CC12)O3. The average Bonchev–Trinajstić information content (AvgIpc) is 2.58. The molecule has 4 heteroatoms. The third-order valence-corrected chi connectivity index (χ3v) is 2.90. The van der Waals surface area contributed by atoms with Crippen LogP contribution < -0.4 is 0 Å². The highest BCUT2D eigenvalue weighted by Crippen LogP contribution is 2.40. The van der Waals surface area contributed by atoms with Crippen molar-refractivity contribution in [3.05, 3.63) is 12.2 Å². The van der Waals surface area contributed by atoms with E-state index in [1.54, 1.807) is 0 Å². The van der Waals surface area contributed by atoms with Gasteiger partial charge in [-0.25, -0.2) is 0 Å². The minimum absolute atomic E-state index is 0.00435. The summed E-state index contributed by atoms with van der Waals surface area (Å²) in [6.45, 7) is 0. The number of ether oxygens (including phenoxy) is 2. The quantitative estimate of drug-likeness (QED) is 0.300. The van der Waals surface area contributed by atoms with Gasteiger partial charge in [-0.15, -0.1) is 0 Å². The Bertz CT molecular complexity index is 320. The molecule has 4 atom stereocenters. The first-order chi connectivity index (χ1) is 6.25. The Kier molecular flexibility index (Phi) is 1.23. The van der Waals surface area contributed by atoms with Gasteiger partial charge in [-0.1, -0.05) is 12.2 Å². The van der Waals surface area contributed by atoms with Gasteiger partial charge in [0.25, 0.3) is 0 Å². The Morgan fingerprint density at radius 3 is 2.92 bits per heavy atom. The molecular weight excluding hydrogens is 172 g/mol. The summed E-state index contributed by atoms with van der Waals surface area (Å²) >= 11 is 0. The normalized spacial score (nSPS) is 46.5. The van der Waals surface area contributed by atoms with Crippen LogP contribution in [0.25, 0.3) is 0 Å². The molecule has 0 aliphatic carbocycles. The van der Waals surface area contributed by atoms with E-state index in [4.69, 9.17) is 4.74 Å². The highest BCUT2D eigenvalue weighted by molar-refractivity contribution is 5.97. The molecule has 2 bridgehead atoms. The molecular formula is C9H8O4. The number of hydrogen-bond donors (Lipinski definition) is 0. The lowest BCUT2D eigenvalue weighted by atomic mass is 9.86. The predicted octanol–water partition coefficient (Wildman–Crippen LogP) is 0.0295. The number of rotatable bonds is 0. The molecule has 68 valence electrons. The second-order valence-corrected chi connectivity index (χ2v) is 3.63. The van der Waals surface area contributed by atoms with Gasteiger partial charge in [-0.05, 0) is 6.42 Å². The van der Waals surface area contributed by atoms with Crippen molar-refractivity contribution in [3.63, 3.8) is 0 Å². The van der Waals surface area contributed by atoms with Gasteiger partial charge in [-0.3, -0.25) is 9.59 Å². The van der Waals surface area contributed by atoms with Gasteiger partial charge in [0.1, 0.15) is 5.92 Å². The molecule has 0 aromatic carbocycles. The van der Waals surface area contributed by atoms with Crippen molar-refractivity contribution in [2.24, 2.45) is 11.8 Å². The molecule has 3 rings (SSSR count). The molecule has 0 spiro atoms. The van der Waals surface area contributed by atoms with E-state index in [9.17, 15) is 9.59 Å². The van der Waals surface area contributed by atoms with E-state index < -0.39 is 5.97 Å². The van der Waals surface area contributed by atoms with Gasteiger partial charge in [0.05, 0.1) is 18.1 Å². The van der Waals surface area contributed by atoms with E-state index in [2.05, 4.69) is 4.74 Å². The molecule has 3 heterocycles. The van der Waals surface area contributed by atoms with Crippen LogP contribution in [-0.2, 0) is 19.1 Å². The molecule has 2 saturated heterocycles. The fourth-order valence-electron chi connectivity index (χ4n) is 2.27. The number of carbonyl (C=O) groups is 2. The van der Waals surface area contributed by atoms with Crippen molar-refractivity contribution in [2.75, 3.05) is 0 Å². The van der Waals surface area contributed by atoms with Gasteiger partial charge < -0.3 is 9.47 Å². The number of esters is 2. The molecule has 0 radical (unpaired) electrons.